The number of nitrogens with one attached hydrogen (secondary N) is 1. The molecule has 0 radical (unpaired) electrons. The lowest BCUT2D eigenvalue weighted by molar-refractivity contribution is -0.120. The van der Waals surface area contributed by atoms with Crippen LogP contribution in [0, 0.1) is 13.8 Å². The Morgan fingerprint density at radius 2 is 1.73 bits per heavy atom. The second-order valence-corrected chi connectivity index (χ2v) is 5.96. The first-order chi connectivity index (χ1) is 12.5. The summed E-state index contributed by atoms with van der Waals surface area (Å²) < 4.78 is 11.1. The summed E-state index contributed by atoms with van der Waals surface area (Å²) in [6, 6.07) is 11.6. The van der Waals surface area contributed by atoms with Crippen LogP contribution in [0.25, 0.3) is 0 Å². The number of ether oxygens (including phenoxy) is 2. The molecule has 0 bridgehead atoms. The average Bonchev–Trinajstić information content (AvgIpc) is 2.61. The Labute approximate surface area is 155 Å². The number of carbonyl (C=O) groups is 1. The third kappa shape index (κ3) is 5.62. The van der Waals surface area contributed by atoms with Crippen LogP contribution in [-0.4, -0.2) is 25.3 Å². The Hall–Kier alpha value is -2.82. The molecule has 2 aromatic rings. The molecule has 5 heteroatoms. The minimum atomic E-state index is -0.152. The molecule has 138 valence electrons. The van der Waals surface area contributed by atoms with E-state index in [1.165, 1.54) is 11.1 Å². The van der Waals surface area contributed by atoms with Crippen molar-refractivity contribution in [2.45, 2.75) is 34.1 Å². The molecule has 1 N–H and O–H groups in total. The predicted octanol–water partition coefficient (Wildman–Crippen LogP) is 3.79. The van der Waals surface area contributed by atoms with Gasteiger partial charge in [0.1, 0.15) is 0 Å². The zero-order chi connectivity index (χ0) is 18.9. The van der Waals surface area contributed by atoms with Gasteiger partial charge in [0.2, 0.25) is 5.91 Å². The van der Waals surface area contributed by atoms with E-state index >= 15 is 0 Å². The van der Waals surface area contributed by atoms with Crippen LogP contribution in [0.5, 0.6) is 11.5 Å². The molecular weight excluding hydrogens is 328 g/mol. The van der Waals surface area contributed by atoms with E-state index in [-0.39, 0.29) is 5.91 Å². The SMILES string of the molecule is CCOc1ccc(/C=N\NC(=O)Cc2ccc(C)c(C)c2)cc1OCC. The van der Waals surface area contributed by atoms with Crippen LogP contribution in [0.4, 0.5) is 0 Å². The molecule has 0 aliphatic carbocycles. The fourth-order valence-corrected chi connectivity index (χ4v) is 2.47. The Bertz CT molecular complexity index is 785. The van der Waals surface area contributed by atoms with Gasteiger partial charge in [-0.15, -0.1) is 0 Å². The van der Waals surface area contributed by atoms with Gasteiger partial charge in [0, 0.05) is 0 Å². The van der Waals surface area contributed by atoms with Crippen molar-refractivity contribution >= 4 is 12.1 Å². The Kier molecular flexibility index (Phi) is 7.21. The van der Waals surface area contributed by atoms with Gasteiger partial charge in [0.05, 0.1) is 25.8 Å². The van der Waals surface area contributed by atoms with Crippen molar-refractivity contribution in [1.82, 2.24) is 5.43 Å². The molecule has 0 unspecified atom stereocenters. The molecule has 26 heavy (non-hydrogen) atoms. The fraction of sp³-hybridized carbons (Fsp3) is 0.333. The Morgan fingerprint density at radius 1 is 1.00 bits per heavy atom. The summed E-state index contributed by atoms with van der Waals surface area (Å²) in [6.07, 6.45) is 1.89. The molecule has 1 amide bonds. The number of hydrazone groups is 1. The minimum Gasteiger partial charge on any atom is -0.490 e. The van der Waals surface area contributed by atoms with Crippen LogP contribution < -0.4 is 14.9 Å². The van der Waals surface area contributed by atoms with Crippen LogP contribution in [0.3, 0.4) is 0 Å². The predicted molar refractivity (Wildman–Crippen MR) is 104 cm³/mol. The van der Waals surface area contributed by atoms with E-state index in [9.17, 15) is 4.79 Å². The molecule has 0 aliphatic rings. The number of hydrogen-bond acceptors (Lipinski definition) is 4. The van der Waals surface area contributed by atoms with Crippen molar-refractivity contribution < 1.29 is 14.3 Å². The first kappa shape index (κ1) is 19.5. The molecule has 0 atom stereocenters. The van der Waals surface area contributed by atoms with Crippen LogP contribution in [-0.2, 0) is 11.2 Å². The minimum absolute atomic E-state index is 0.152. The summed E-state index contributed by atoms with van der Waals surface area (Å²) >= 11 is 0. The van der Waals surface area contributed by atoms with E-state index in [0.717, 1.165) is 11.1 Å². The number of rotatable bonds is 8. The maximum Gasteiger partial charge on any atom is 0.244 e. The van der Waals surface area contributed by atoms with E-state index in [2.05, 4.69) is 17.5 Å². The topological polar surface area (TPSA) is 59.9 Å². The normalized spacial score (nSPS) is 10.8. The second-order valence-electron chi connectivity index (χ2n) is 5.96. The number of amides is 1. The van der Waals surface area contributed by atoms with Gasteiger partial charge in [-0.25, -0.2) is 5.43 Å². The highest BCUT2D eigenvalue weighted by atomic mass is 16.5. The monoisotopic (exact) mass is 354 g/mol. The maximum absolute atomic E-state index is 12.0. The zero-order valence-corrected chi connectivity index (χ0v) is 15.8. The molecule has 0 heterocycles. The summed E-state index contributed by atoms with van der Waals surface area (Å²) in [7, 11) is 0. The lowest BCUT2D eigenvalue weighted by Crippen LogP contribution is -2.19. The maximum atomic E-state index is 12.0. The van der Waals surface area contributed by atoms with Gasteiger partial charge in [-0.1, -0.05) is 18.2 Å². The van der Waals surface area contributed by atoms with E-state index in [0.29, 0.717) is 31.1 Å². The van der Waals surface area contributed by atoms with Gasteiger partial charge in [-0.05, 0) is 68.1 Å². The molecule has 0 spiro atoms. The second kappa shape index (κ2) is 9.61. The molecule has 2 rings (SSSR count). The van der Waals surface area contributed by atoms with E-state index in [1.54, 1.807) is 6.21 Å². The molecule has 0 fully saturated rings. The molecule has 0 aromatic heterocycles. The van der Waals surface area contributed by atoms with Crippen molar-refractivity contribution in [2.24, 2.45) is 5.10 Å². The van der Waals surface area contributed by atoms with E-state index < -0.39 is 0 Å². The molecular formula is C21H26N2O3. The number of aryl methyl sites for hydroxylation is 2. The van der Waals surface area contributed by atoms with Crippen LogP contribution in [0.2, 0.25) is 0 Å². The highest BCUT2D eigenvalue weighted by molar-refractivity contribution is 5.84. The van der Waals surface area contributed by atoms with Crippen molar-refractivity contribution in [3.05, 3.63) is 58.7 Å². The lowest BCUT2D eigenvalue weighted by atomic mass is 10.0. The number of nitrogens with zero attached hydrogens (tertiary/aromatic N) is 1. The zero-order valence-electron chi connectivity index (χ0n) is 15.8. The van der Waals surface area contributed by atoms with Gasteiger partial charge < -0.3 is 9.47 Å². The summed E-state index contributed by atoms with van der Waals surface area (Å²) in [6.45, 7) is 9.06. The van der Waals surface area contributed by atoms with Gasteiger partial charge in [-0.2, -0.15) is 5.10 Å². The first-order valence-corrected chi connectivity index (χ1v) is 8.81. The molecule has 2 aromatic carbocycles. The highest BCUT2D eigenvalue weighted by Crippen LogP contribution is 2.27. The summed E-state index contributed by atoms with van der Waals surface area (Å²) in [5, 5.41) is 4.03. The third-order valence-corrected chi connectivity index (χ3v) is 3.91. The van der Waals surface area contributed by atoms with E-state index in [1.807, 2.05) is 57.2 Å². The summed E-state index contributed by atoms with van der Waals surface area (Å²) in [5.74, 6) is 1.21. The lowest BCUT2D eigenvalue weighted by Gasteiger charge is -2.11. The average molecular weight is 354 g/mol. The van der Waals surface area contributed by atoms with Gasteiger partial charge in [0.25, 0.3) is 0 Å². The smallest absolute Gasteiger partial charge is 0.244 e. The molecule has 0 saturated carbocycles. The van der Waals surface area contributed by atoms with Crippen molar-refractivity contribution in [3.8, 4) is 11.5 Å². The highest BCUT2D eigenvalue weighted by Gasteiger charge is 2.06. The van der Waals surface area contributed by atoms with Crippen molar-refractivity contribution in [2.75, 3.05) is 13.2 Å². The molecule has 5 nitrogen and oxygen atoms in total. The van der Waals surface area contributed by atoms with Crippen molar-refractivity contribution in [3.63, 3.8) is 0 Å². The summed E-state index contributed by atoms with van der Waals surface area (Å²) in [5.41, 5.74) is 6.75. The number of benzene rings is 2. The number of hydrogen-bond donors (Lipinski definition) is 1. The Morgan fingerprint density at radius 3 is 2.42 bits per heavy atom. The van der Waals surface area contributed by atoms with Crippen molar-refractivity contribution in [1.29, 1.82) is 0 Å². The summed E-state index contributed by atoms with van der Waals surface area (Å²) in [4.78, 5) is 12.0. The fourth-order valence-electron chi connectivity index (χ4n) is 2.47. The van der Waals surface area contributed by atoms with Gasteiger partial charge in [0.15, 0.2) is 11.5 Å². The van der Waals surface area contributed by atoms with Gasteiger partial charge in [-0.3, -0.25) is 4.79 Å². The molecule has 0 saturated heterocycles. The van der Waals surface area contributed by atoms with Crippen LogP contribution in [0.1, 0.15) is 36.1 Å². The quantitative estimate of drug-likeness (QED) is 0.579. The van der Waals surface area contributed by atoms with E-state index in [4.69, 9.17) is 9.47 Å². The standard InChI is InChI=1S/C21H26N2O3/c1-5-25-19-10-9-18(12-20(19)26-6-2)14-22-23-21(24)13-17-8-7-15(3)16(4)11-17/h7-12,14H,5-6,13H2,1-4H3,(H,23,24)/b22-14-. The third-order valence-electron chi connectivity index (χ3n) is 3.91. The molecule has 0 aliphatic heterocycles. The first-order valence-electron chi connectivity index (χ1n) is 8.81. The van der Waals surface area contributed by atoms with Gasteiger partial charge >= 0.3 is 0 Å². The van der Waals surface area contributed by atoms with Crippen LogP contribution in [0.15, 0.2) is 41.5 Å². The largest absolute Gasteiger partial charge is 0.490 e. The Balaban J connectivity index is 1.97. The number of carbonyl (C=O) groups excluding carboxylic acids is 1. The van der Waals surface area contributed by atoms with Crippen LogP contribution >= 0.6 is 0 Å².